The molecule has 76 valence electrons. The van der Waals surface area contributed by atoms with E-state index in [4.69, 9.17) is 11.6 Å². The summed E-state index contributed by atoms with van der Waals surface area (Å²) in [6, 6.07) is 6.99. The second-order valence-electron chi connectivity index (χ2n) is 3.13. The Morgan fingerprint density at radius 1 is 1.43 bits per heavy atom. The monoisotopic (exact) mass is 274 g/mol. The summed E-state index contributed by atoms with van der Waals surface area (Å²) < 4.78 is 0. The van der Waals surface area contributed by atoms with Gasteiger partial charge in [-0.25, -0.2) is 0 Å². The van der Waals surface area contributed by atoms with E-state index in [2.05, 4.69) is 22.9 Å². The van der Waals surface area contributed by atoms with Gasteiger partial charge in [0.1, 0.15) is 0 Å². The second kappa shape index (κ2) is 5.52. The van der Waals surface area contributed by atoms with Crippen molar-refractivity contribution in [3.63, 3.8) is 0 Å². The van der Waals surface area contributed by atoms with Gasteiger partial charge in [-0.3, -0.25) is 4.79 Å². The first kappa shape index (κ1) is 11.7. The number of alkyl halides is 1. The first-order valence-electron chi connectivity index (χ1n) is 4.59. The largest absolute Gasteiger partial charge is 0.293 e. The Labute approximate surface area is 97.6 Å². The zero-order valence-corrected chi connectivity index (χ0v) is 10.3. The summed E-state index contributed by atoms with van der Waals surface area (Å²) in [5.74, 6) is 0.128. The highest BCUT2D eigenvalue weighted by atomic mass is 79.9. The maximum absolute atomic E-state index is 11.8. The molecule has 1 aromatic rings. The van der Waals surface area contributed by atoms with Crippen LogP contribution in [0.3, 0.4) is 0 Å². The number of carbonyl (C=O) groups excluding carboxylic acids is 1. The van der Waals surface area contributed by atoms with Gasteiger partial charge < -0.3 is 0 Å². The summed E-state index contributed by atoms with van der Waals surface area (Å²) in [5, 5.41) is 0.656. The van der Waals surface area contributed by atoms with Crippen molar-refractivity contribution in [2.75, 3.05) is 0 Å². The molecule has 0 heterocycles. The molecule has 0 aliphatic rings. The fourth-order valence-electron chi connectivity index (χ4n) is 1.18. The minimum Gasteiger partial charge on any atom is -0.293 e. The molecule has 0 radical (unpaired) electrons. The Balaban J connectivity index is 2.74. The first-order chi connectivity index (χ1) is 6.65. The highest BCUT2D eigenvalue weighted by molar-refractivity contribution is 9.10. The van der Waals surface area contributed by atoms with Gasteiger partial charge in [0.15, 0.2) is 5.78 Å². The van der Waals surface area contributed by atoms with Crippen LogP contribution in [0.4, 0.5) is 0 Å². The Kier molecular flexibility index (Phi) is 4.63. The summed E-state index contributed by atoms with van der Waals surface area (Å²) in [4.78, 5) is 11.7. The number of carbonyl (C=O) groups is 1. The standard InChI is InChI=1S/C11H12BrClO/c1-2-3-10(12)11(14)8-4-6-9(13)7-5-8/h4-7,10H,2-3H2,1H3. The highest BCUT2D eigenvalue weighted by Crippen LogP contribution is 2.17. The Morgan fingerprint density at radius 2 is 2.00 bits per heavy atom. The molecule has 0 aliphatic heterocycles. The minimum absolute atomic E-state index is 0.0753. The van der Waals surface area contributed by atoms with Crippen molar-refractivity contribution < 1.29 is 4.79 Å². The molecule has 0 saturated heterocycles. The predicted molar refractivity (Wildman–Crippen MR) is 63.4 cm³/mol. The molecule has 3 heteroatoms. The maximum Gasteiger partial charge on any atom is 0.176 e. The first-order valence-corrected chi connectivity index (χ1v) is 5.88. The Hall–Kier alpha value is -0.340. The van der Waals surface area contributed by atoms with Gasteiger partial charge in [-0.15, -0.1) is 0 Å². The zero-order valence-electron chi connectivity index (χ0n) is 7.97. The third kappa shape index (κ3) is 3.10. The lowest BCUT2D eigenvalue weighted by atomic mass is 10.1. The summed E-state index contributed by atoms with van der Waals surface area (Å²) in [6.07, 6.45) is 1.86. The van der Waals surface area contributed by atoms with Crippen molar-refractivity contribution >= 4 is 33.3 Å². The van der Waals surface area contributed by atoms with Crippen LogP contribution < -0.4 is 0 Å². The van der Waals surface area contributed by atoms with Crippen LogP contribution in [0.5, 0.6) is 0 Å². The average molecular weight is 276 g/mol. The van der Waals surface area contributed by atoms with E-state index < -0.39 is 0 Å². The molecule has 1 rings (SSSR count). The van der Waals surface area contributed by atoms with E-state index in [1.807, 2.05) is 0 Å². The van der Waals surface area contributed by atoms with E-state index in [1.165, 1.54) is 0 Å². The number of Topliss-reactive ketones (excluding diaryl/α,β-unsaturated/α-hetero) is 1. The van der Waals surface area contributed by atoms with Gasteiger partial charge in [-0.1, -0.05) is 40.9 Å². The second-order valence-corrected chi connectivity index (χ2v) is 4.67. The SMILES string of the molecule is CCCC(Br)C(=O)c1ccc(Cl)cc1. The van der Waals surface area contributed by atoms with Crippen LogP contribution in [-0.2, 0) is 0 Å². The fraction of sp³-hybridized carbons (Fsp3) is 0.364. The number of halogens is 2. The molecule has 1 aromatic carbocycles. The molecule has 0 aliphatic carbocycles. The summed E-state index contributed by atoms with van der Waals surface area (Å²) in [5.41, 5.74) is 0.713. The maximum atomic E-state index is 11.8. The third-order valence-corrected chi connectivity index (χ3v) is 3.08. The summed E-state index contributed by atoms with van der Waals surface area (Å²) in [6.45, 7) is 2.06. The molecule has 14 heavy (non-hydrogen) atoms. The van der Waals surface area contributed by atoms with E-state index in [9.17, 15) is 4.79 Å². The molecule has 0 spiro atoms. The van der Waals surface area contributed by atoms with E-state index >= 15 is 0 Å². The summed E-state index contributed by atoms with van der Waals surface area (Å²) >= 11 is 9.11. The van der Waals surface area contributed by atoms with Gasteiger partial charge >= 0.3 is 0 Å². The number of hydrogen-bond acceptors (Lipinski definition) is 1. The van der Waals surface area contributed by atoms with Gasteiger partial charge in [0, 0.05) is 10.6 Å². The number of ketones is 1. The number of hydrogen-bond donors (Lipinski definition) is 0. The van der Waals surface area contributed by atoms with E-state index in [1.54, 1.807) is 24.3 Å². The quantitative estimate of drug-likeness (QED) is 0.597. The van der Waals surface area contributed by atoms with Crippen LogP contribution in [0.15, 0.2) is 24.3 Å². The lowest BCUT2D eigenvalue weighted by molar-refractivity contribution is 0.0988. The van der Waals surface area contributed by atoms with E-state index in [0.29, 0.717) is 10.6 Å². The van der Waals surface area contributed by atoms with Crippen molar-refractivity contribution in [2.24, 2.45) is 0 Å². The molecule has 1 atom stereocenters. The van der Waals surface area contributed by atoms with Crippen LogP contribution in [-0.4, -0.2) is 10.6 Å². The van der Waals surface area contributed by atoms with Crippen LogP contribution in [0.25, 0.3) is 0 Å². The molecule has 0 saturated carbocycles. The van der Waals surface area contributed by atoms with Crippen LogP contribution >= 0.6 is 27.5 Å². The van der Waals surface area contributed by atoms with E-state index in [-0.39, 0.29) is 10.6 Å². The zero-order chi connectivity index (χ0) is 10.6. The summed E-state index contributed by atoms with van der Waals surface area (Å²) in [7, 11) is 0. The lowest BCUT2D eigenvalue weighted by Gasteiger charge is -2.06. The third-order valence-electron chi connectivity index (χ3n) is 1.96. The van der Waals surface area contributed by atoms with Crippen molar-refractivity contribution in [3.8, 4) is 0 Å². The molecule has 0 fully saturated rings. The number of benzene rings is 1. The normalized spacial score (nSPS) is 12.5. The van der Waals surface area contributed by atoms with Gasteiger partial charge in [-0.05, 0) is 30.7 Å². The minimum atomic E-state index is -0.0753. The van der Waals surface area contributed by atoms with E-state index in [0.717, 1.165) is 12.8 Å². The van der Waals surface area contributed by atoms with Gasteiger partial charge in [0.25, 0.3) is 0 Å². The molecule has 0 aromatic heterocycles. The highest BCUT2D eigenvalue weighted by Gasteiger charge is 2.15. The fourth-order valence-corrected chi connectivity index (χ4v) is 2.03. The van der Waals surface area contributed by atoms with Gasteiger partial charge in [0.05, 0.1) is 4.83 Å². The topological polar surface area (TPSA) is 17.1 Å². The number of rotatable bonds is 4. The van der Waals surface area contributed by atoms with Gasteiger partial charge in [-0.2, -0.15) is 0 Å². The van der Waals surface area contributed by atoms with Gasteiger partial charge in [0.2, 0.25) is 0 Å². The molecule has 0 bridgehead atoms. The van der Waals surface area contributed by atoms with Crippen molar-refractivity contribution in [1.29, 1.82) is 0 Å². The predicted octanol–water partition coefficient (Wildman–Crippen LogP) is 4.09. The molecule has 0 amide bonds. The molecule has 1 nitrogen and oxygen atoms in total. The van der Waals surface area contributed by atoms with Crippen molar-refractivity contribution in [1.82, 2.24) is 0 Å². The Bertz CT molecular complexity index is 308. The van der Waals surface area contributed by atoms with Crippen LogP contribution in [0, 0.1) is 0 Å². The van der Waals surface area contributed by atoms with Crippen LogP contribution in [0.1, 0.15) is 30.1 Å². The van der Waals surface area contributed by atoms with Crippen molar-refractivity contribution in [3.05, 3.63) is 34.9 Å². The smallest absolute Gasteiger partial charge is 0.176 e. The molecule has 0 N–H and O–H groups in total. The lowest BCUT2D eigenvalue weighted by Crippen LogP contribution is -2.13. The van der Waals surface area contributed by atoms with Crippen LogP contribution in [0.2, 0.25) is 5.02 Å². The molecular formula is C11H12BrClO. The molecule has 1 unspecified atom stereocenters. The molecular weight excluding hydrogens is 263 g/mol. The average Bonchev–Trinajstić information content (AvgIpc) is 2.18. The Morgan fingerprint density at radius 3 is 2.50 bits per heavy atom. The van der Waals surface area contributed by atoms with Crippen molar-refractivity contribution in [2.45, 2.75) is 24.6 Å².